The first kappa shape index (κ1) is 12.9. The molecule has 0 spiro atoms. The minimum Gasteiger partial charge on any atom is -0.374 e. The highest BCUT2D eigenvalue weighted by Crippen LogP contribution is 2.18. The van der Waals surface area contributed by atoms with Crippen LogP contribution in [0.25, 0.3) is 0 Å². The minimum atomic E-state index is 0.0409. The minimum absolute atomic E-state index is 0.0409. The second-order valence-electron chi connectivity index (χ2n) is 3.81. The number of hydrogen-bond donors (Lipinski definition) is 1. The number of nitrogens with zero attached hydrogens (tertiary/aromatic N) is 4. The first-order valence-corrected chi connectivity index (χ1v) is 6.08. The largest absolute Gasteiger partial charge is 0.374 e. The van der Waals surface area contributed by atoms with Gasteiger partial charge in [0.25, 0.3) is 0 Å². The average molecular weight is 239 g/mol. The molecular formula is C10H17N5S. The summed E-state index contributed by atoms with van der Waals surface area (Å²) >= 11 is 1.38. The molecule has 0 bridgehead atoms. The van der Waals surface area contributed by atoms with Crippen LogP contribution in [0.1, 0.15) is 19.5 Å². The molecule has 16 heavy (non-hydrogen) atoms. The van der Waals surface area contributed by atoms with Gasteiger partial charge in [-0.3, -0.25) is 4.90 Å². The predicted octanol–water partition coefficient (Wildman–Crippen LogP) is 1.56. The fourth-order valence-corrected chi connectivity index (χ4v) is 2.08. The van der Waals surface area contributed by atoms with Crippen molar-refractivity contribution in [2.75, 3.05) is 25.5 Å². The smallest absolute Gasteiger partial charge is 0.134 e. The maximum atomic E-state index is 8.73. The van der Waals surface area contributed by atoms with Gasteiger partial charge in [0.15, 0.2) is 0 Å². The van der Waals surface area contributed by atoms with Gasteiger partial charge in [-0.1, -0.05) is 4.49 Å². The Bertz CT molecular complexity index is 356. The van der Waals surface area contributed by atoms with E-state index in [0.717, 1.165) is 30.3 Å². The molecule has 0 amide bonds. The highest BCUT2D eigenvalue weighted by atomic mass is 32.1. The van der Waals surface area contributed by atoms with Crippen molar-refractivity contribution in [1.29, 1.82) is 5.26 Å². The van der Waals surface area contributed by atoms with E-state index in [0.29, 0.717) is 0 Å². The first-order valence-electron chi connectivity index (χ1n) is 5.30. The second kappa shape index (κ2) is 6.40. The number of aromatic nitrogens is 2. The summed E-state index contributed by atoms with van der Waals surface area (Å²) < 4.78 is 3.93. The van der Waals surface area contributed by atoms with Gasteiger partial charge in [0.05, 0.1) is 12.0 Å². The molecule has 1 rings (SSSR count). The van der Waals surface area contributed by atoms with Gasteiger partial charge in [0, 0.05) is 31.2 Å². The summed E-state index contributed by atoms with van der Waals surface area (Å²) in [6.45, 7) is 6.31. The Morgan fingerprint density at radius 1 is 1.62 bits per heavy atom. The molecule has 0 saturated carbocycles. The number of rotatable bonds is 6. The SMILES string of the molecule is CCNc1snnc1CN(C)CC(C)C#N. The van der Waals surface area contributed by atoms with Crippen LogP contribution in [0.15, 0.2) is 0 Å². The van der Waals surface area contributed by atoms with Gasteiger partial charge >= 0.3 is 0 Å². The Balaban J connectivity index is 2.52. The molecule has 0 saturated heterocycles. The van der Waals surface area contributed by atoms with E-state index >= 15 is 0 Å². The summed E-state index contributed by atoms with van der Waals surface area (Å²) in [5, 5.41) is 17.1. The van der Waals surface area contributed by atoms with Gasteiger partial charge < -0.3 is 5.32 Å². The van der Waals surface area contributed by atoms with Crippen molar-refractivity contribution in [3.05, 3.63) is 5.69 Å². The van der Waals surface area contributed by atoms with Crippen LogP contribution < -0.4 is 5.32 Å². The lowest BCUT2D eigenvalue weighted by Crippen LogP contribution is -2.24. The summed E-state index contributed by atoms with van der Waals surface area (Å²) in [7, 11) is 1.99. The van der Waals surface area contributed by atoms with E-state index in [1.807, 2.05) is 20.9 Å². The third-order valence-corrected chi connectivity index (χ3v) is 2.84. The Morgan fingerprint density at radius 2 is 2.38 bits per heavy atom. The fourth-order valence-electron chi connectivity index (χ4n) is 1.44. The third kappa shape index (κ3) is 3.76. The van der Waals surface area contributed by atoms with Crippen LogP contribution in [0.2, 0.25) is 0 Å². The molecule has 1 atom stereocenters. The van der Waals surface area contributed by atoms with E-state index < -0.39 is 0 Å². The fraction of sp³-hybridized carbons (Fsp3) is 0.700. The highest BCUT2D eigenvalue weighted by molar-refractivity contribution is 7.10. The van der Waals surface area contributed by atoms with Crippen molar-refractivity contribution in [1.82, 2.24) is 14.5 Å². The van der Waals surface area contributed by atoms with E-state index in [1.54, 1.807) is 0 Å². The second-order valence-corrected chi connectivity index (χ2v) is 4.56. The normalized spacial score (nSPS) is 12.4. The van der Waals surface area contributed by atoms with Crippen LogP contribution in [0.5, 0.6) is 0 Å². The van der Waals surface area contributed by atoms with Crippen molar-refractivity contribution in [3.63, 3.8) is 0 Å². The van der Waals surface area contributed by atoms with Crippen LogP contribution in [-0.2, 0) is 6.54 Å². The van der Waals surface area contributed by atoms with E-state index in [4.69, 9.17) is 5.26 Å². The zero-order valence-corrected chi connectivity index (χ0v) is 10.7. The van der Waals surface area contributed by atoms with E-state index in [-0.39, 0.29) is 5.92 Å². The van der Waals surface area contributed by atoms with Crippen molar-refractivity contribution >= 4 is 16.5 Å². The molecule has 0 aliphatic rings. The van der Waals surface area contributed by atoms with Crippen molar-refractivity contribution in [3.8, 4) is 6.07 Å². The molecule has 1 aromatic heterocycles. The number of nitriles is 1. The Kier molecular flexibility index (Phi) is 5.15. The zero-order chi connectivity index (χ0) is 12.0. The zero-order valence-electron chi connectivity index (χ0n) is 9.90. The Morgan fingerprint density at radius 3 is 3.00 bits per heavy atom. The maximum absolute atomic E-state index is 8.73. The lowest BCUT2D eigenvalue weighted by atomic mass is 10.2. The predicted molar refractivity (Wildman–Crippen MR) is 65.2 cm³/mol. The average Bonchev–Trinajstić information content (AvgIpc) is 2.66. The van der Waals surface area contributed by atoms with Crippen LogP contribution in [0.3, 0.4) is 0 Å². The molecule has 0 aliphatic heterocycles. The summed E-state index contributed by atoms with van der Waals surface area (Å²) in [6.07, 6.45) is 0. The van der Waals surface area contributed by atoms with Gasteiger partial charge in [-0.25, -0.2) is 0 Å². The van der Waals surface area contributed by atoms with Crippen LogP contribution in [-0.4, -0.2) is 34.6 Å². The lowest BCUT2D eigenvalue weighted by molar-refractivity contribution is 0.300. The van der Waals surface area contributed by atoms with Crippen molar-refractivity contribution < 1.29 is 0 Å². The van der Waals surface area contributed by atoms with Crippen LogP contribution in [0, 0.1) is 17.2 Å². The molecule has 1 aromatic rings. The summed E-state index contributed by atoms with van der Waals surface area (Å²) in [5.41, 5.74) is 0.958. The van der Waals surface area contributed by atoms with E-state index in [9.17, 15) is 0 Å². The Labute approximate surface area is 100 Å². The van der Waals surface area contributed by atoms with Gasteiger partial charge in [-0.05, 0) is 20.9 Å². The summed E-state index contributed by atoms with van der Waals surface area (Å²) in [6, 6.07) is 2.22. The molecule has 1 N–H and O–H groups in total. The monoisotopic (exact) mass is 239 g/mol. The number of nitrogens with one attached hydrogen (secondary N) is 1. The van der Waals surface area contributed by atoms with Gasteiger partial charge in [0.1, 0.15) is 10.7 Å². The maximum Gasteiger partial charge on any atom is 0.134 e. The molecule has 0 fully saturated rings. The van der Waals surface area contributed by atoms with Crippen LogP contribution in [0.4, 0.5) is 5.00 Å². The lowest BCUT2D eigenvalue weighted by Gasteiger charge is -2.16. The molecule has 1 unspecified atom stereocenters. The molecule has 5 nitrogen and oxygen atoms in total. The van der Waals surface area contributed by atoms with Gasteiger partial charge in [-0.15, -0.1) is 5.10 Å². The quantitative estimate of drug-likeness (QED) is 0.816. The molecule has 6 heteroatoms. The third-order valence-electron chi connectivity index (χ3n) is 2.12. The topological polar surface area (TPSA) is 64.8 Å². The summed E-state index contributed by atoms with van der Waals surface area (Å²) in [4.78, 5) is 2.09. The number of anilines is 1. The van der Waals surface area contributed by atoms with E-state index in [2.05, 4.69) is 25.9 Å². The number of hydrogen-bond acceptors (Lipinski definition) is 6. The standard InChI is InChI=1S/C10H17N5S/c1-4-12-10-9(13-14-16-10)7-15(3)6-8(2)5-11/h8,12H,4,6-7H2,1-3H3. The molecule has 0 aliphatic carbocycles. The van der Waals surface area contributed by atoms with Gasteiger partial charge in [-0.2, -0.15) is 5.26 Å². The summed E-state index contributed by atoms with van der Waals surface area (Å²) in [5.74, 6) is 0.0409. The molecule has 0 aromatic carbocycles. The van der Waals surface area contributed by atoms with Gasteiger partial charge in [0.2, 0.25) is 0 Å². The Hall–Kier alpha value is -1.19. The molecular weight excluding hydrogens is 222 g/mol. The first-order chi connectivity index (χ1) is 7.67. The van der Waals surface area contributed by atoms with E-state index in [1.165, 1.54) is 11.5 Å². The molecule has 88 valence electrons. The highest BCUT2D eigenvalue weighted by Gasteiger charge is 2.11. The van der Waals surface area contributed by atoms with Crippen molar-refractivity contribution in [2.24, 2.45) is 5.92 Å². The molecule has 0 radical (unpaired) electrons. The van der Waals surface area contributed by atoms with Crippen LogP contribution >= 0.6 is 11.5 Å². The molecule has 1 heterocycles. The van der Waals surface area contributed by atoms with Crippen molar-refractivity contribution in [2.45, 2.75) is 20.4 Å².